The fourth-order valence-corrected chi connectivity index (χ4v) is 7.30. The summed E-state index contributed by atoms with van der Waals surface area (Å²) >= 11 is 1.74. The van der Waals surface area contributed by atoms with E-state index in [0.29, 0.717) is 5.92 Å². The molecule has 0 aromatic heterocycles. The van der Waals surface area contributed by atoms with Crippen LogP contribution in [-0.2, 0) is 35.2 Å². The summed E-state index contributed by atoms with van der Waals surface area (Å²) in [7, 11) is 0. The zero-order valence-corrected chi connectivity index (χ0v) is 37.7. The van der Waals surface area contributed by atoms with Crippen molar-refractivity contribution in [2.45, 2.75) is 117 Å². The largest absolute Gasteiger partial charge is 1.00 e. The molecule has 274 valence electrons. The molecule has 1 fully saturated rings. The number of aryl methyl sites for hydroxylation is 1. The van der Waals surface area contributed by atoms with Gasteiger partial charge >= 0.3 is 41.9 Å². The van der Waals surface area contributed by atoms with E-state index in [-0.39, 0.29) is 35.7 Å². The summed E-state index contributed by atoms with van der Waals surface area (Å²) in [6.07, 6.45) is 9.27. The Morgan fingerprint density at radius 2 is 1.21 bits per heavy atom. The maximum absolute atomic E-state index is 2.39. The fourth-order valence-electron chi connectivity index (χ4n) is 7.30. The minimum Gasteiger partial charge on any atom is -1.00 e. The van der Waals surface area contributed by atoms with Crippen LogP contribution >= 0.6 is 0 Å². The van der Waals surface area contributed by atoms with Crippen LogP contribution in [0.5, 0.6) is 0 Å². The van der Waals surface area contributed by atoms with Gasteiger partial charge in [-0.15, -0.1) is 69.1 Å². The molecule has 0 saturated heterocycles. The maximum Gasteiger partial charge on any atom is -1.00 e. The van der Waals surface area contributed by atoms with Gasteiger partial charge in [-0.3, -0.25) is 0 Å². The summed E-state index contributed by atoms with van der Waals surface area (Å²) in [5.41, 5.74) is 11.6. The van der Waals surface area contributed by atoms with Crippen LogP contribution in [0.15, 0.2) is 109 Å². The van der Waals surface area contributed by atoms with Gasteiger partial charge in [0.15, 0.2) is 0 Å². The molecule has 0 amide bonds. The van der Waals surface area contributed by atoms with Crippen LogP contribution in [-0.4, -0.2) is 5.43 Å². The van der Waals surface area contributed by atoms with Gasteiger partial charge in [0.1, 0.15) is 0 Å². The van der Waals surface area contributed by atoms with Crippen LogP contribution in [0.2, 0.25) is 13.1 Å². The molecule has 1 saturated carbocycles. The number of halogens is 2. The molecule has 6 aromatic carbocycles. The summed E-state index contributed by atoms with van der Waals surface area (Å²) in [6.45, 7) is 18.2. The molecule has 0 N–H and O–H groups in total. The maximum atomic E-state index is 2.39. The smallest absolute Gasteiger partial charge is 1.00 e. The second kappa shape index (κ2) is 20.5. The average Bonchev–Trinajstić information content (AvgIpc) is 3.76. The second-order valence-corrected chi connectivity index (χ2v) is 25.1. The van der Waals surface area contributed by atoms with E-state index in [9.17, 15) is 0 Å². The number of hydrogen-bond acceptors (Lipinski definition) is 0. The molecule has 1 atom stereocenters. The Kier molecular flexibility index (Phi) is 17.4. The van der Waals surface area contributed by atoms with Crippen molar-refractivity contribution in [3.8, 4) is 22.3 Å². The summed E-state index contributed by atoms with van der Waals surface area (Å²) < 4.78 is 0. The Bertz CT molecular complexity index is 1980. The average molecular weight is 825 g/mol. The normalized spacial score (nSPS) is 13.6. The van der Waals surface area contributed by atoms with Crippen molar-refractivity contribution in [3.63, 3.8) is 0 Å². The Balaban J connectivity index is 0.000000246. The first kappa shape index (κ1) is 44.2. The molecular formula is C48H58Cl2SiZr-2. The van der Waals surface area contributed by atoms with E-state index in [0.717, 1.165) is 12.3 Å². The van der Waals surface area contributed by atoms with Crippen LogP contribution in [0.4, 0.5) is 0 Å². The van der Waals surface area contributed by atoms with Crippen LogP contribution in [0.3, 0.4) is 0 Å². The zero-order chi connectivity index (χ0) is 35.8. The fraction of sp³-hybridized carbons (Fsp3) is 0.375. The number of benzene rings is 4. The first-order chi connectivity index (χ1) is 24.0. The third-order valence-corrected chi connectivity index (χ3v) is 10.5. The first-order valence-electron chi connectivity index (χ1n) is 19.1. The molecule has 7 rings (SSSR count). The molecule has 0 nitrogen and oxygen atoms in total. The van der Waals surface area contributed by atoms with E-state index in [4.69, 9.17) is 0 Å². The Morgan fingerprint density at radius 1 is 0.712 bits per heavy atom. The van der Waals surface area contributed by atoms with Crippen molar-refractivity contribution in [1.82, 2.24) is 0 Å². The van der Waals surface area contributed by atoms with Gasteiger partial charge in [0.25, 0.3) is 0 Å². The number of hydrogen-bond donors (Lipinski definition) is 0. The predicted molar refractivity (Wildman–Crippen MR) is 220 cm³/mol. The Labute approximate surface area is 343 Å². The Morgan fingerprint density at radius 3 is 1.71 bits per heavy atom. The van der Waals surface area contributed by atoms with E-state index in [1.807, 2.05) is 0 Å². The third-order valence-electron chi connectivity index (χ3n) is 10.5. The quantitative estimate of drug-likeness (QED) is 0.117. The molecule has 1 aliphatic rings. The SMILES string of the molecule is CCC(C)c1cc2c(-c3ccc(C(C)(C)C)cc3)cccc2[cH-]1.CCc1cc2c(-c3ccc(C4CCCCC4)cc3)cccc2[cH-]1.C[Si](C)=[Zr+2].[Cl-].[Cl-]. The molecule has 1 unspecified atom stereocenters. The van der Waals surface area contributed by atoms with Gasteiger partial charge < -0.3 is 24.8 Å². The van der Waals surface area contributed by atoms with E-state index in [1.165, 1.54) is 105 Å². The van der Waals surface area contributed by atoms with E-state index >= 15 is 0 Å². The van der Waals surface area contributed by atoms with Crippen molar-refractivity contribution in [2.75, 3.05) is 0 Å². The first-order valence-corrected chi connectivity index (χ1v) is 25.3. The molecule has 0 aliphatic heterocycles. The van der Waals surface area contributed by atoms with Gasteiger partial charge in [0, 0.05) is 0 Å². The molecule has 6 aromatic rings. The van der Waals surface area contributed by atoms with Crippen LogP contribution < -0.4 is 24.8 Å². The van der Waals surface area contributed by atoms with Crippen molar-refractivity contribution in [2.24, 2.45) is 0 Å². The van der Waals surface area contributed by atoms with E-state index < -0.39 is 0 Å². The van der Waals surface area contributed by atoms with Gasteiger partial charge in [0.2, 0.25) is 0 Å². The summed E-state index contributed by atoms with van der Waals surface area (Å²) in [6, 6.07) is 41.2. The van der Waals surface area contributed by atoms with Crippen molar-refractivity contribution >= 4 is 27.0 Å². The number of rotatable bonds is 6. The van der Waals surface area contributed by atoms with Crippen molar-refractivity contribution < 1.29 is 48.1 Å². The van der Waals surface area contributed by atoms with Crippen LogP contribution in [0.1, 0.15) is 114 Å². The van der Waals surface area contributed by atoms with E-state index in [2.05, 4.69) is 164 Å². The van der Waals surface area contributed by atoms with Crippen molar-refractivity contribution in [3.05, 3.63) is 131 Å². The molecule has 4 heteroatoms. The summed E-state index contributed by atoms with van der Waals surface area (Å²) in [4.78, 5) is 0. The molecule has 52 heavy (non-hydrogen) atoms. The summed E-state index contributed by atoms with van der Waals surface area (Å²) in [5.74, 6) is 1.41. The monoisotopic (exact) mass is 822 g/mol. The van der Waals surface area contributed by atoms with Crippen molar-refractivity contribution in [1.29, 1.82) is 0 Å². The van der Waals surface area contributed by atoms with E-state index in [1.54, 1.807) is 23.3 Å². The molecule has 0 heterocycles. The minimum atomic E-state index is 0. The minimum absolute atomic E-state index is 0. The predicted octanol–water partition coefficient (Wildman–Crippen LogP) is 8.66. The molecule has 0 radical (unpaired) electrons. The van der Waals surface area contributed by atoms with Gasteiger partial charge in [0.05, 0.1) is 0 Å². The molecular weight excluding hydrogens is 767 g/mol. The molecule has 1 aliphatic carbocycles. The standard InChI is InChI=1S/C23H25.C23H27.C2H6Si.2ClH.Zr/c1-2-17-15-21-9-6-10-22(23(21)16-17)20-13-11-19(12-14-20)18-7-4-3-5-8-18;1-6-16(2)19-14-18-8-7-9-21(22(18)15-19)17-10-12-20(13-11-17)23(3,4)5;1-3-2;;;/h6,9-16,18H,2-5,7-8H2,1H3;7-16H,6H2,1-5H3;1-2H3;2*1H;/q2*-1;;;;+2/p-2. The van der Waals surface area contributed by atoms with Crippen LogP contribution in [0, 0.1) is 0 Å². The topological polar surface area (TPSA) is 0 Å². The van der Waals surface area contributed by atoms with Crippen LogP contribution in [0.25, 0.3) is 43.8 Å². The second-order valence-electron chi connectivity index (χ2n) is 15.7. The molecule has 0 spiro atoms. The Hall–Kier alpha value is -2.22. The molecule has 0 bridgehead atoms. The number of fused-ring (bicyclic) bond motifs is 2. The van der Waals surface area contributed by atoms with Gasteiger partial charge in [-0.1, -0.05) is 139 Å². The summed E-state index contributed by atoms with van der Waals surface area (Å²) in [5, 5.41) is 5.51. The van der Waals surface area contributed by atoms with Gasteiger partial charge in [-0.2, -0.15) is 12.1 Å². The van der Waals surface area contributed by atoms with Gasteiger partial charge in [-0.05, 0) is 58.8 Å². The zero-order valence-electron chi connectivity index (χ0n) is 32.8. The van der Waals surface area contributed by atoms with Gasteiger partial charge in [-0.25, -0.2) is 0 Å². The third kappa shape index (κ3) is 11.4.